The van der Waals surface area contributed by atoms with Gasteiger partial charge in [-0.25, -0.2) is 9.78 Å². The number of pyridine rings is 1. The number of rotatable bonds is 5. The minimum atomic E-state index is -0.742. The maximum absolute atomic E-state index is 12.1. The third-order valence-electron chi connectivity index (χ3n) is 5.00. The maximum atomic E-state index is 12.1. The predicted molar refractivity (Wildman–Crippen MR) is 92.7 cm³/mol. The molecule has 2 fully saturated rings. The van der Waals surface area contributed by atoms with Crippen LogP contribution in [0.15, 0.2) is 18.3 Å². The van der Waals surface area contributed by atoms with Gasteiger partial charge in [0.2, 0.25) is 5.88 Å². The van der Waals surface area contributed by atoms with E-state index in [0.29, 0.717) is 37.3 Å². The smallest absolute Gasteiger partial charge is 0.319 e. The highest BCUT2D eigenvalue weighted by molar-refractivity contribution is 5.89. The molecule has 0 bridgehead atoms. The summed E-state index contributed by atoms with van der Waals surface area (Å²) in [5.41, 5.74) is 0.607. The lowest BCUT2D eigenvalue weighted by molar-refractivity contribution is -0.142. The highest BCUT2D eigenvalue weighted by Gasteiger charge is 2.26. The van der Waals surface area contributed by atoms with E-state index in [1.165, 1.54) is 12.8 Å². The van der Waals surface area contributed by atoms with E-state index in [9.17, 15) is 9.59 Å². The Bertz CT molecular complexity index is 591. The van der Waals surface area contributed by atoms with E-state index in [1.54, 1.807) is 18.3 Å². The molecule has 1 heterocycles. The van der Waals surface area contributed by atoms with Crippen molar-refractivity contribution in [3.05, 3.63) is 18.3 Å². The molecule has 2 saturated carbocycles. The number of aliphatic carboxylic acids is 1. The van der Waals surface area contributed by atoms with E-state index < -0.39 is 5.97 Å². The van der Waals surface area contributed by atoms with Gasteiger partial charge < -0.3 is 20.5 Å². The predicted octanol–water partition coefficient (Wildman–Crippen LogP) is 3.17. The number of nitrogens with one attached hydrogen (secondary N) is 2. The first kappa shape index (κ1) is 17.5. The lowest BCUT2D eigenvalue weighted by Gasteiger charge is -2.26. The molecule has 2 amide bonds. The van der Waals surface area contributed by atoms with Crippen molar-refractivity contribution in [3.8, 4) is 5.88 Å². The first-order valence-corrected chi connectivity index (χ1v) is 9.03. The molecule has 2 aliphatic carbocycles. The molecule has 7 nitrogen and oxygen atoms in total. The number of hydrogen-bond acceptors (Lipinski definition) is 4. The number of carbonyl (C=O) groups is 2. The zero-order valence-electron chi connectivity index (χ0n) is 14.2. The molecule has 3 rings (SSSR count). The maximum Gasteiger partial charge on any atom is 0.319 e. The molecule has 2 aliphatic rings. The average Bonchev–Trinajstić information content (AvgIpc) is 3.10. The average molecular weight is 347 g/mol. The van der Waals surface area contributed by atoms with Crippen molar-refractivity contribution in [2.24, 2.45) is 5.92 Å². The summed E-state index contributed by atoms with van der Waals surface area (Å²) in [6, 6.07) is 3.28. The fourth-order valence-corrected chi connectivity index (χ4v) is 3.54. The van der Waals surface area contributed by atoms with Gasteiger partial charge in [0.25, 0.3) is 0 Å². The van der Waals surface area contributed by atoms with Crippen LogP contribution >= 0.6 is 0 Å². The van der Waals surface area contributed by atoms with E-state index >= 15 is 0 Å². The Morgan fingerprint density at radius 3 is 2.40 bits per heavy atom. The summed E-state index contributed by atoms with van der Waals surface area (Å²) >= 11 is 0. The number of urea groups is 1. The number of nitrogens with zero attached hydrogens (tertiary/aromatic N) is 1. The van der Waals surface area contributed by atoms with Crippen molar-refractivity contribution in [1.29, 1.82) is 0 Å². The van der Waals surface area contributed by atoms with Gasteiger partial charge in [-0.2, -0.15) is 0 Å². The van der Waals surface area contributed by atoms with Crippen LogP contribution in [0.4, 0.5) is 10.5 Å². The summed E-state index contributed by atoms with van der Waals surface area (Å²) < 4.78 is 5.80. The van der Waals surface area contributed by atoms with Crippen LogP contribution in [0.25, 0.3) is 0 Å². The van der Waals surface area contributed by atoms with Crippen LogP contribution in [-0.4, -0.2) is 34.2 Å². The van der Waals surface area contributed by atoms with Gasteiger partial charge in [-0.05, 0) is 57.4 Å². The molecule has 7 heteroatoms. The first-order chi connectivity index (χ1) is 12.1. The third kappa shape index (κ3) is 5.08. The Morgan fingerprint density at radius 2 is 1.80 bits per heavy atom. The quantitative estimate of drug-likeness (QED) is 0.759. The van der Waals surface area contributed by atoms with Crippen molar-refractivity contribution in [2.75, 3.05) is 5.32 Å². The molecule has 0 saturated heterocycles. The summed E-state index contributed by atoms with van der Waals surface area (Å²) in [6.45, 7) is 0. The molecule has 0 spiro atoms. The summed E-state index contributed by atoms with van der Waals surface area (Å²) in [7, 11) is 0. The number of anilines is 1. The third-order valence-corrected chi connectivity index (χ3v) is 5.00. The van der Waals surface area contributed by atoms with Gasteiger partial charge in [0, 0.05) is 12.1 Å². The van der Waals surface area contributed by atoms with Gasteiger partial charge in [-0.15, -0.1) is 0 Å². The molecule has 1 aromatic heterocycles. The molecule has 1 aromatic rings. The van der Waals surface area contributed by atoms with Crippen LogP contribution in [0.3, 0.4) is 0 Å². The van der Waals surface area contributed by atoms with Gasteiger partial charge in [-0.3, -0.25) is 4.79 Å². The molecule has 136 valence electrons. The van der Waals surface area contributed by atoms with Crippen LogP contribution in [0.5, 0.6) is 5.88 Å². The number of ether oxygens (including phenoxy) is 1. The summed E-state index contributed by atoms with van der Waals surface area (Å²) in [5.74, 6) is -0.434. The lowest BCUT2D eigenvalue weighted by Crippen LogP contribution is -2.41. The van der Waals surface area contributed by atoms with E-state index in [1.807, 2.05) is 0 Å². The number of hydrogen-bond donors (Lipinski definition) is 3. The topological polar surface area (TPSA) is 101 Å². The van der Waals surface area contributed by atoms with Gasteiger partial charge in [0.1, 0.15) is 6.10 Å². The molecule has 0 atom stereocenters. The Hall–Kier alpha value is -2.31. The second-order valence-corrected chi connectivity index (χ2v) is 6.89. The van der Waals surface area contributed by atoms with Gasteiger partial charge >= 0.3 is 12.0 Å². The molecular weight excluding hydrogens is 322 g/mol. The SMILES string of the molecule is O=C(Nc1ccc(OC2CCCC2)nc1)NC1CCC(C(=O)O)CC1. The number of carboxylic acids is 1. The van der Waals surface area contributed by atoms with Crippen molar-refractivity contribution in [3.63, 3.8) is 0 Å². The monoisotopic (exact) mass is 347 g/mol. The Kier molecular flexibility index (Phi) is 5.73. The zero-order valence-corrected chi connectivity index (χ0v) is 14.2. The molecular formula is C18H25N3O4. The van der Waals surface area contributed by atoms with Crippen LogP contribution in [0, 0.1) is 5.92 Å². The fraction of sp³-hybridized carbons (Fsp3) is 0.611. The summed E-state index contributed by atoms with van der Waals surface area (Å²) in [5, 5.41) is 14.7. The fourth-order valence-electron chi connectivity index (χ4n) is 3.54. The number of carboxylic acid groups (broad SMARTS) is 1. The normalized spacial score (nSPS) is 23.8. The van der Waals surface area contributed by atoms with E-state index in [-0.39, 0.29) is 24.1 Å². The number of amides is 2. The summed E-state index contributed by atoms with van der Waals surface area (Å²) in [4.78, 5) is 27.2. The molecule has 0 aromatic carbocycles. The van der Waals surface area contributed by atoms with E-state index in [4.69, 9.17) is 9.84 Å². The van der Waals surface area contributed by atoms with Crippen LogP contribution in [0.2, 0.25) is 0 Å². The molecule has 0 radical (unpaired) electrons. The second kappa shape index (κ2) is 8.18. The number of aromatic nitrogens is 1. The minimum Gasteiger partial charge on any atom is -0.481 e. The highest BCUT2D eigenvalue weighted by Crippen LogP contribution is 2.25. The molecule has 3 N–H and O–H groups in total. The van der Waals surface area contributed by atoms with Gasteiger partial charge in [0.15, 0.2) is 0 Å². The van der Waals surface area contributed by atoms with Crippen LogP contribution in [0.1, 0.15) is 51.4 Å². The second-order valence-electron chi connectivity index (χ2n) is 6.89. The van der Waals surface area contributed by atoms with Crippen molar-refractivity contribution < 1.29 is 19.4 Å². The number of carbonyl (C=O) groups excluding carboxylic acids is 1. The van der Waals surface area contributed by atoms with Gasteiger partial charge in [0.05, 0.1) is 17.8 Å². The Morgan fingerprint density at radius 1 is 1.08 bits per heavy atom. The Labute approximate surface area is 147 Å². The first-order valence-electron chi connectivity index (χ1n) is 9.03. The van der Waals surface area contributed by atoms with Crippen LogP contribution in [-0.2, 0) is 4.79 Å². The largest absolute Gasteiger partial charge is 0.481 e. The lowest BCUT2D eigenvalue weighted by atomic mass is 9.86. The Balaban J connectivity index is 1.42. The van der Waals surface area contributed by atoms with E-state index in [0.717, 1.165) is 12.8 Å². The molecule has 0 aliphatic heterocycles. The summed E-state index contributed by atoms with van der Waals surface area (Å²) in [6.07, 6.45) is 9.01. The van der Waals surface area contributed by atoms with Gasteiger partial charge in [-0.1, -0.05) is 0 Å². The van der Waals surface area contributed by atoms with Crippen molar-refractivity contribution in [2.45, 2.75) is 63.5 Å². The zero-order chi connectivity index (χ0) is 17.6. The van der Waals surface area contributed by atoms with Crippen molar-refractivity contribution in [1.82, 2.24) is 10.3 Å². The molecule has 25 heavy (non-hydrogen) atoms. The molecule has 0 unspecified atom stereocenters. The van der Waals surface area contributed by atoms with E-state index in [2.05, 4.69) is 15.6 Å². The standard InChI is InChI=1S/C18H25N3O4/c22-17(23)12-5-7-13(8-6-12)20-18(24)21-14-9-10-16(19-11-14)25-15-3-1-2-4-15/h9-13,15H,1-8H2,(H,22,23)(H2,20,21,24). The minimum absolute atomic E-state index is 0.0218. The van der Waals surface area contributed by atoms with Crippen LogP contribution < -0.4 is 15.4 Å². The highest BCUT2D eigenvalue weighted by atomic mass is 16.5. The van der Waals surface area contributed by atoms with Crippen molar-refractivity contribution >= 4 is 17.7 Å².